The predicted molar refractivity (Wildman–Crippen MR) is 122 cm³/mol. The first-order valence-corrected chi connectivity index (χ1v) is 11.6. The number of nitrogens with zero attached hydrogens (tertiary/aromatic N) is 4. The zero-order chi connectivity index (χ0) is 23.6. The molecule has 5 N–H and O–H groups in total. The highest BCUT2D eigenvalue weighted by molar-refractivity contribution is 7.52. The maximum Gasteiger partial charge on any atom is 0.459 e. The van der Waals surface area contributed by atoms with E-state index in [2.05, 4.69) is 20.0 Å². The Kier molecular flexibility index (Phi) is 6.32. The van der Waals surface area contributed by atoms with E-state index in [1.54, 1.807) is 41.2 Å². The molecule has 0 aliphatic heterocycles. The van der Waals surface area contributed by atoms with Gasteiger partial charge in [-0.05, 0) is 31.1 Å². The third kappa shape index (κ3) is 5.30. The standard InChI is InChI=1S/C20H24N7O5P/c1-12(19(28)30-2)26-33(29,32-15-6-4-3-5-7-15)31-10-14-8-13(14)9-27-11-23-16-17(21)24-20(22)25-18(16)27/h3-7,9,11-12,14H,8,10H2,1-2H3,(H,26,29)(H4,21,22,24,25)/b13-9-/t12?,14-,33?/m1/s1. The van der Waals surface area contributed by atoms with E-state index in [9.17, 15) is 9.36 Å². The molecule has 1 aromatic carbocycles. The number of ether oxygens (including phenoxy) is 1. The number of nitrogen functional groups attached to an aromatic ring is 2. The minimum atomic E-state index is -3.88. The van der Waals surface area contributed by atoms with Crippen LogP contribution in [0.4, 0.5) is 11.8 Å². The molecule has 0 bridgehead atoms. The Bertz CT molecular complexity index is 1250. The molecule has 13 heteroatoms. The molecular formula is C20H24N7O5P. The third-order valence-corrected chi connectivity index (χ3v) is 6.58. The maximum atomic E-state index is 13.4. The van der Waals surface area contributed by atoms with Gasteiger partial charge in [0.1, 0.15) is 18.1 Å². The number of esters is 1. The number of nitrogens with one attached hydrogen (secondary N) is 1. The lowest BCUT2D eigenvalue weighted by atomic mass is 10.3. The third-order valence-electron chi connectivity index (χ3n) is 4.94. The van der Waals surface area contributed by atoms with E-state index >= 15 is 0 Å². The first kappa shape index (κ1) is 22.7. The molecule has 0 amide bonds. The van der Waals surface area contributed by atoms with Crippen LogP contribution in [-0.4, -0.2) is 45.2 Å². The molecule has 4 rings (SSSR count). The normalized spacial score (nSPS) is 19.2. The van der Waals surface area contributed by atoms with Crippen LogP contribution < -0.4 is 21.1 Å². The lowest BCUT2D eigenvalue weighted by molar-refractivity contribution is -0.142. The Morgan fingerprint density at radius 2 is 2.09 bits per heavy atom. The second-order valence-corrected chi connectivity index (χ2v) is 9.16. The molecule has 1 fully saturated rings. The van der Waals surface area contributed by atoms with Crippen molar-refractivity contribution >= 4 is 42.8 Å². The van der Waals surface area contributed by atoms with Crippen LogP contribution in [0.5, 0.6) is 5.75 Å². The molecule has 0 radical (unpaired) electrons. The molecule has 2 aromatic heterocycles. The molecular weight excluding hydrogens is 449 g/mol. The molecule has 1 saturated carbocycles. The van der Waals surface area contributed by atoms with Crippen LogP contribution in [0.2, 0.25) is 0 Å². The maximum absolute atomic E-state index is 13.4. The van der Waals surface area contributed by atoms with Crippen LogP contribution in [-0.2, 0) is 18.6 Å². The number of para-hydroxylation sites is 1. The Hall–Kier alpha value is -3.47. The number of rotatable bonds is 9. The highest BCUT2D eigenvalue weighted by atomic mass is 31.2. The van der Waals surface area contributed by atoms with Crippen molar-refractivity contribution in [2.75, 3.05) is 25.2 Å². The Balaban J connectivity index is 1.46. The number of imidazole rings is 1. The fraction of sp³-hybridized carbons (Fsp3) is 0.300. The summed E-state index contributed by atoms with van der Waals surface area (Å²) in [6.07, 6.45) is 4.14. The van der Waals surface area contributed by atoms with Gasteiger partial charge in [-0.15, -0.1) is 0 Å². The van der Waals surface area contributed by atoms with Gasteiger partial charge in [0.15, 0.2) is 17.0 Å². The van der Waals surface area contributed by atoms with Gasteiger partial charge in [-0.2, -0.15) is 15.1 Å². The minimum Gasteiger partial charge on any atom is -0.468 e. The Morgan fingerprint density at radius 3 is 2.82 bits per heavy atom. The molecule has 174 valence electrons. The van der Waals surface area contributed by atoms with Gasteiger partial charge in [-0.3, -0.25) is 13.9 Å². The van der Waals surface area contributed by atoms with Gasteiger partial charge >= 0.3 is 13.7 Å². The fourth-order valence-electron chi connectivity index (χ4n) is 3.14. The summed E-state index contributed by atoms with van der Waals surface area (Å²) in [7, 11) is -2.63. The highest BCUT2D eigenvalue weighted by Gasteiger charge is 2.37. The fourth-order valence-corrected chi connectivity index (χ4v) is 4.68. The number of hydrogen-bond acceptors (Lipinski definition) is 10. The number of carbonyl (C=O) groups excluding carboxylic acids is 1. The molecule has 3 aromatic rings. The highest BCUT2D eigenvalue weighted by Crippen LogP contribution is 2.48. The first-order valence-electron chi connectivity index (χ1n) is 10.1. The smallest absolute Gasteiger partial charge is 0.459 e. The summed E-state index contributed by atoms with van der Waals surface area (Å²) >= 11 is 0. The van der Waals surface area contributed by atoms with Crippen molar-refractivity contribution in [2.24, 2.45) is 5.92 Å². The van der Waals surface area contributed by atoms with Crippen LogP contribution in [0.1, 0.15) is 13.3 Å². The summed E-state index contributed by atoms with van der Waals surface area (Å²) in [6, 6.07) is 7.68. The number of carbonyl (C=O) groups is 1. The van der Waals surface area contributed by atoms with Gasteiger partial charge in [0.25, 0.3) is 0 Å². The lowest BCUT2D eigenvalue weighted by Crippen LogP contribution is -2.34. The van der Waals surface area contributed by atoms with E-state index in [1.165, 1.54) is 14.0 Å². The quantitative estimate of drug-likeness (QED) is 0.307. The Morgan fingerprint density at radius 1 is 1.33 bits per heavy atom. The van der Waals surface area contributed by atoms with Crippen molar-refractivity contribution in [1.29, 1.82) is 0 Å². The van der Waals surface area contributed by atoms with Crippen LogP contribution >= 0.6 is 7.75 Å². The summed E-state index contributed by atoms with van der Waals surface area (Å²) in [4.78, 5) is 24.1. The van der Waals surface area contributed by atoms with Crippen molar-refractivity contribution in [2.45, 2.75) is 19.4 Å². The SMILES string of the molecule is COC(=O)C(C)NP(=O)(OC[C@H]1C/C1=C/n1cnc2c(N)nc(N)nc21)Oc1ccccc1. The van der Waals surface area contributed by atoms with Crippen LogP contribution in [0, 0.1) is 5.92 Å². The van der Waals surface area contributed by atoms with Gasteiger partial charge in [-0.1, -0.05) is 18.2 Å². The van der Waals surface area contributed by atoms with Gasteiger partial charge in [0.2, 0.25) is 5.95 Å². The molecule has 33 heavy (non-hydrogen) atoms. The summed E-state index contributed by atoms with van der Waals surface area (Å²) in [6.45, 7) is 1.63. The average Bonchev–Trinajstić information content (AvgIpc) is 3.41. The zero-order valence-electron chi connectivity index (χ0n) is 18.0. The number of aromatic nitrogens is 4. The second-order valence-electron chi connectivity index (χ2n) is 7.47. The Labute approximate surface area is 189 Å². The molecule has 3 atom stereocenters. The van der Waals surface area contributed by atoms with Crippen molar-refractivity contribution in [3.05, 3.63) is 42.2 Å². The number of anilines is 2. The van der Waals surface area contributed by atoms with Gasteiger partial charge < -0.3 is 20.7 Å². The molecule has 0 spiro atoms. The molecule has 0 saturated heterocycles. The largest absolute Gasteiger partial charge is 0.468 e. The van der Waals surface area contributed by atoms with E-state index in [0.717, 1.165) is 5.57 Å². The van der Waals surface area contributed by atoms with E-state index in [4.69, 9.17) is 25.3 Å². The number of benzene rings is 1. The van der Waals surface area contributed by atoms with E-state index < -0.39 is 19.8 Å². The molecule has 2 unspecified atom stereocenters. The summed E-state index contributed by atoms with van der Waals surface area (Å²) in [5.74, 6) is 0.0180. The number of methoxy groups -OCH3 is 1. The predicted octanol–water partition coefficient (Wildman–Crippen LogP) is 2.21. The first-order chi connectivity index (χ1) is 15.8. The molecule has 1 aliphatic rings. The van der Waals surface area contributed by atoms with E-state index in [-0.39, 0.29) is 24.3 Å². The van der Waals surface area contributed by atoms with Crippen molar-refractivity contribution < 1.29 is 23.1 Å². The summed E-state index contributed by atoms with van der Waals surface area (Å²) < 4.78 is 31.1. The van der Waals surface area contributed by atoms with Crippen molar-refractivity contribution in [3.8, 4) is 5.75 Å². The zero-order valence-corrected chi connectivity index (χ0v) is 18.9. The minimum absolute atomic E-state index is 0.00177. The van der Waals surface area contributed by atoms with Crippen molar-refractivity contribution in [3.63, 3.8) is 0 Å². The number of nitrogens with two attached hydrogens (primary N) is 2. The summed E-state index contributed by atoms with van der Waals surface area (Å²) in [5, 5.41) is 2.63. The van der Waals surface area contributed by atoms with Crippen LogP contribution in [0.25, 0.3) is 17.4 Å². The molecule has 1 aliphatic carbocycles. The lowest BCUT2D eigenvalue weighted by Gasteiger charge is -2.22. The molecule has 12 nitrogen and oxygen atoms in total. The van der Waals surface area contributed by atoms with Gasteiger partial charge in [-0.25, -0.2) is 9.55 Å². The van der Waals surface area contributed by atoms with Crippen LogP contribution in [0.3, 0.4) is 0 Å². The monoisotopic (exact) mass is 473 g/mol. The van der Waals surface area contributed by atoms with Crippen molar-refractivity contribution in [1.82, 2.24) is 24.6 Å². The van der Waals surface area contributed by atoms with E-state index in [0.29, 0.717) is 23.3 Å². The topological polar surface area (TPSA) is 169 Å². The van der Waals surface area contributed by atoms with Crippen LogP contribution in [0.15, 0.2) is 42.2 Å². The second kappa shape index (κ2) is 9.18. The molecule has 2 heterocycles. The summed E-state index contributed by atoms with van der Waals surface area (Å²) in [5.41, 5.74) is 13.5. The number of hydrogen-bond donors (Lipinski definition) is 3. The number of fused-ring (bicyclic) bond motifs is 1. The van der Waals surface area contributed by atoms with E-state index in [1.807, 2.05) is 6.20 Å². The average molecular weight is 473 g/mol. The van der Waals surface area contributed by atoms with Gasteiger partial charge in [0.05, 0.1) is 13.7 Å². The van der Waals surface area contributed by atoms with Gasteiger partial charge in [0, 0.05) is 12.1 Å².